The molecule has 1 heterocycles. The standard InChI is InChI=1S/C27H28F3N3O3S/c28-27(29,30)36-20-14-16-21(17-15-20)37(31,35)32-22-8-5-11-25(26(22)34)33-23-9-3-1-6-18(23)12-13-19-7-2-4-10-24(19)33/h1-4,6-7,9-10,14-17,22,25-26,34H,5,8,11-13H2,(H2,31,32,35)/t22-,25+,26-,37-/m1/s1. The van der Waals surface area contributed by atoms with Crippen molar-refractivity contribution < 1.29 is 27.2 Å². The van der Waals surface area contributed by atoms with E-state index < -0.39 is 34.2 Å². The number of aliphatic hydroxyl groups excluding tert-OH is 1. The summed E-state index contributed by atoms with van der Waals surface area (Å²) in [5.41, 5.74) is 4.44. The van der Waals surface area contributed by atoms with Gasteiger partial charge in [-0.15, -0.1) is 13.2 Å². The largest absolute Gasteiger partial charge is 0.573 e. The van der Waals surface area contributed by atoms with Crippen molar-refractivity contribution in [1.82, 2.24) is 4.72 Å². The van der Waals surface area contributed by atoms with E-state index in [0.717, 1.165) is 42.8 Å². The van der Waals surface area contributed by atoms with Gasteiger partial charge >= 0.3 is 6.36 Å². The van der Waals surface area contributed by atoms with Gasteiger partial charge in [-0.1, -0.05) is 36.4 Å². The molecule has 1 fully saturated rings. The van der Waals surface area contributed by atoms with Gasteiger partial charge in [0.1, 0.15) is 15.7 Å². The molecule has 0 radical (unpaired) electrons. The van der Waals surface area contributed by atoms with Crippen molar-refractivity contribution in [3.8, 4) is 5.75 Å². The van der Waals surface area contributed by atoms with Crippen molar-refractivity contribution in [2.45, 2.75) is 61.5 Å². The number of nitrogens with one attached hydrogen (secondary N) is 2. The molecule has 1 aliphatic heterocycles. The summed E-state index contributed by atoms with van der Waals surface area (Å²) in [4.78, 5) is 2.20. The Morgan fingerprint density at radius 1 is 0.919 bits per heavy atom. The number of rotatable bonds is 5. The Morgan fingerprint density at radius 2 is 1.49 bits per heavy atom. The summed E-state index contributed by atoms with van der Waals surface area (Å²) < 4.78 is 65.8. The number of hydrogen-bond acceptors (Lipinski definition) is 5. The highest BCUT2D eigenvalue weighted by Crippen LogP contribution is 2.41. The van der Waals surface area contributed by atoms with Crippen LogP contribution in [0.25, 0.3) is 0 Å². The Bertz CT molecular complexity index is 1320. The molecule has 4 atom stereocenters. The van der Waals surface area contributed by atoms with Crippen molar-refractivity contribution in [2.24, 2.45) is 0 Å². The van der Waals surface area contributed by atoms with E-state index in [0.29, 0.717) is 12.8 Å². The van der Waals surface area contributed by atoms with E-state index in [-0.39, 0.29) is 10.9 Å². The van der Waals surface area contributed by atoms with E-state index in [1.165, 1.54) is 23.3 Å². The normalized spacial score (nSPS) is 23.4. The van der Waals surface area contributed by atoms with Gasteiger partial charge in [0.05, 0.1) is 17.0 Å². The summed E-state index contributed by atoms with van der Waals surface area (Å²) in [5.74, 6) is -0.456. The summed E-state index contributed by atoms with van der Waals surface area (Å²) in [6.07, 6.45) is -2.05. The number of para-hydroxylation sites is 2. The Labute approximate surface area is 214 Å². The zero-order valence-corrected chi connectivity index (χ0v) is 20.8. The summed E-state index contributed by atoms with van der Waals surface area (Å²) in [7, 11) is -3.60. The number of aliphatic hydroxyl groups is 1. The van der Waals surface area contributed by atoms with Crippen LogP contribution in [0.5, 0.6) is 5.75 Å². The molecule has 196 valence electrons. The number of benzene rings is 3. The van der Waals surface area contributed by atoms with Gasteiger partial charge in [0.15, 0.2) is 0 Å². The van der Waals surface area contributed by atoms with Gasteiger partial charge in [-0.3, -0.25) is 0 Å². The maximum atomic E-state index is 13.3. The Kier molecular flexibility index (Phi) is 6.91. The molecule has 1 saturated carbocycles. The molecule has 1 aliphatic carbocycles. The maximum Gasteiger partial charge on any atom is 0.573 e. The fourth-order valence-corrected chi connectivity index (χ4v) is 6.69. The number of aryl methyl sites for hydroxylation is 2. The molecule has 3 N–H and O–H groups in total. The molecule has 6 nitrogen and oxygen atoms in total. The minimum absolute atomic E-state index is 0.0156. The zero-order valence-electron chi connectivity index (χ0n) is 19.9. The Balaban J connectivity index is 1.41. The monoisotopic (exact) mass is 531 g/mol. The highest BCUT2D eigenvalue weighted by atomic mass is 32.2. The van der Waals surface area contributed by atoms with E-state index in [1.54, 1.807) is 0 Å². The molecule has 3 aromatic carbocycles. The lowest BCUT2D eigenvalue weighted by atomic mass is 9.86. The van der Waals surface area contributed by atoms with E-state index in [1.807, 2.05) is 24.3 Å². The number of hydrogen-bond donors (Lipinski definition) is 3. The molecular weight excluding hydrogens is 503 g/mol. The van der Waals surface area contributed by atoms with Crippen LogP contribution in [-0.4, -0.2) is 33.9 Å². The topological polar surface area (TPSA) is 85.7 Å². The SMILES string of the molecule is N=[S@@](=O)(N[C@@H]1CCC[C@H](N2c3ccccc3CCc3ccccc32)[C@@H]1O)c1ccc(OC(F)(F)F)cc1. The molecule has 0 spiro atoms. The number of fused-ring (bicyclic) bond motifs is 2. The number of ether oxygens (including phenoxy) is 1. The molecule has 0 unspecified atom stereocenters. The van der Waals surface area contributed by atoms with Crippen molar-refractivity contribution in [3.63, 3.8) is 0 Å². The summed E-state index contributed by atoms with van der Waals surface area (Å²) >= 11 is 0. The minimum Gasteiger partial charge on any atom is -0.406 e. The van der Waals surface area contributed by atoms with Crippen LogP contribution in [0, 0.1) is 4.78 Å². The number of halogens is 3. The lowest BCUT2D eigenvalue weighted by Gasteiger charge is -2.43. The maximum absolute atomic E-state index is 13.3. The first-order valence-corrected chi connectivity index (χ1v) is 13.7. The van der Waals surface area contributed by atoms with Crippen LogP contribution >= 0.6 is 0 Å². The van der Waals surface area contributed by atoms with Crippen molar-refractivity contribution >= 4 is 21.3 Å². The first-order valence-electron chi connectivity index (χ1n) is 12.2. The molecule has 0 amide bonds. The van der Waals surface area contributed by atoms with Gasteiger partial charge in [0.2, 0.25) is 0 Å². The Hall–Kier alpha value is -3.08. The van der Waals surface area contributed by atoms with Crippen LogP contribution in [0.15, 0.2) is 77.7 Å². The van der Waals surface area contributed by atoms with Crippen molar-refractivity contribution in [1.29, 1.82) is 4.78 Å². The molecule has 0 aromatic heterocycles. The third-order valence-corrected chi connectivity index (χ3v) is 8.60. The third kappa shape index (κ3) is 5.46. The van der Waals surface area contributed by atoms with Gasteiger partial charge in [-0.25, -0.2) is 13.7 Å². The second-order valence-corrected chi connectivity index (χ2v) is 11.2. The van der Waals surface area contributed by atoms with Gasteiger partial charge < -0.3 is 14.7 Å². The first kappa shape index (κ1) is 25.6. The first-order chi connectivity index (χ1) is 17.6. The molecule has 2 aliphatic rings. The number of alkyl halides is 3. The third-order valence-electron chi connectivity index (χ3n) is 7.03. The zero-order chi connectivity index (χ0) is 26.2. The fraction of sp³-hybridized carbons (Fsp3) is 0.333. The van der Waals surface area contributed by atoms with Gasteiger partial charge in [0, 0.05) is 17.4 Å². The molecule has 10 heteroatoms. The average molecular weight is 532 g/mol. The summed E-state index contributed by atoms with van der Waals surface area (Å²) in [5, 5.41) is 11.5. The smallest absolute Gasteiger partial charge is 0.406 e. The lowest BCUT2D eigenvalue weighted by Crippen LogP contribution is -2.55. The molecule has 37 heavy (non-hydrogen) atoms. The molecular formula is C27H28F3N3O3S. The fourth-order valence-electron chi connectivity index (χ4n) is 5.35. The predicted molar refractivity (Wildman–Crippen MR) is 135 cm³/mol. The highest BCUT2D eigenvalue weighted by Gasteiger charge is 2.39. The highest BCUT2D eigenvalue weighted by molar-refractivity contribution is 7.90. The lowest BCUT2D eigenvalue weighted by molar-refractivity contribution is -0.274. The molecule has 0 saturated heterocycles. The van der Waals surface area contributed by atoms with Gasteiger partial charge in [0.25, 0.3) is 0 Å². The second-order valence-electron chi connectivity index (χ2n) is 9.42. The average Bonchev–Trinajstić information content (AvgIpc) is 3.02. The van der Waals surface area contributed by atoms with Crippen LogP contribution in [-0.2, 0) is 22.8 Å². The van der Waals surface area contributed by atoms with Crippen molar-refractivity contribution in [2.75, 3.05) is 4.90 Å². The number of nitrogens with zero attached hydrogens (tertiary/aromatic N) is 1. The van der Waals surface area contributed by atoms with E-state index in [2.05, 4.69) is 38.6 Å². The molecule has 0 bridgehead atoms. The minimum atomic E-state index is -4.84. The van der Waals surface area contributed by atoms with Crippen LogP contribution in [0.4, 0.5) is 24.5 Å². The van der Waals surface area contributed by atoms with E-state index in [4.69, 9.17) is 4.78 Å². The second kappa shape index (κ2) is 10.00. The van der Waals surface area contributed by atoms with E-state index in [9.17, 15) is 22.5 Å². The number of anilines is 2. The summed E-state index contributed by atoms with van der Waals surface area (Å²) in [6.45, 7) is 0. The van der Waals surface area contributed by atoms with Crippen LogP contribution in [0.2, 0.25) is 0 Å². The van der Waals surface area contributed by atoms with E-state index >= 15 is 0 Å². The Morgan fingerprint density at radius 3 is 2.05 bits per heavy atom. The van der Waals surface area contributed by atoms with Crippen molar-refractivity contribution in [3.05, 3.63) is 83.9 Å². The van der Waals surface area contributed by atoms with Crippen LogP contribution in [0.3, 0.4) is 0 Å². The van der Waals surface area contributed by atoms with Gasteiger partial charge in [-0.2, -0.15) is 0 Å². The van der Waals surface area contributed by atoms with Crippen LogP contribution in [0.1, 0.15) is 30.4 Å². The quantitative estimate of drug-likeness (QED) is 0.394. The molecule has 3 aromatic rings. The predicted octanol–water partition coefficient (Wildman–Crippen LogP) is 5.71. The van der Waals surface area contributed by atoms with Gasteiger partial charge in [-0.05, 0) is 79.6 Å². The van der Waals surface area contributed by atoms with Crippen LogP contribution < -0.4 is 14.4 Å². The molecule has 5 rings (SSSR count). The summed E-state index contributed by atoms with van der Waals surface area (Å²) in [6, 6.07) is 19.7.